The average molecular weight is 360 g/mol. The number of benzene rings is 2. The molecule has 136 valence electrons. The first kappa shape index (κ1) is 18.3. The van der Waals surface area contributed by atoms with Crippen molar-refractivity contribution in [1.82, 2.24) is 20.6 Å². The lowest BCUT2D eigenvalue weighted by Crippen LogP contribution is -2.34. The summed E-state index contributed by atoms with van der Waals surface area (Å²) in [6, 6.07) is 14.6. The second kappa shape index (κ2) is 8.71. The van der Waals surface area contributed by atoms with Gasteiger partial charge in [0, 0.05) is 42.2 Å². The Hall–Kier alpha value is -3.54. The van der Waals surface area contributed by atoms with Gasteiger partial charge in [0.2, 0.25) is 0 Å². The number of aromatic nitrogens is 2. The maximum atomic E-state index is 12.2. The molecule has 1 aromatic heterocycles. The molecule has 2 aromatic carbocycles. The number of aryl methyl sites for hydroxylation is 1. The van der Waals surface area contributed by atoms with Gasteiger partial charge in [-0.1, -0.05) is 29.8 Å². The molecule has 6 heteroatoms. The van der Waals surface area contributed by atoms with Crippen molar-refractivity contribution in [3.63, 3.8) is 0 Å². The van der Waals surface area contributed by atoms with Gasteiger partial charge in [0.05, 0.1) is 0 Å². The van der Waals surface area contributed by atoms with Crippen LogP contribution in [0.5, 0.6) is 0 Å². The molecule has 2 amide bonds. The molecule has 0 saturated carbocycles. The lowest BCUT2D eigenvalue weighted by atomic mass is 10.1. The van der Waals surface area contributed by atoms with Gasteiger partial charge in [-0.25, -0.2) is 9.97 Å². The van der Waals surface area contributed by atoms with E-state index < -0.39 is 0 Å². The molecule has 0 spiro atoms. The SMILES string of the molecule is Cc1ccc(C(=O)NCCNC(=O)c2ccc(-c3cncnc3)cc2)cc1. The summed E-state index contributed by atoms with van der Waals surface area (Å²) in [5.41, 5.74) is 4.10. The zero-order valence-electron chi connectivity index (χ0n) is 15.0. The number of hydrogen-bond donors (Lipinski definition) is 2. The van der Waals surface area contributed by atoms with Crippen LogP contribution in [0.15, 0.2) is 67.3 Å². The highest BCUT2D eigenvalue weighted by Crippen LogP contribution is 2.17. The normalized spacial score (nSPS) is 10.3. The molecule has 0 aliphatic carbocycles. The molecule has 2 N–H and O–H groups in total. The number of rotatable bonds is 6. The van der Waals surface area contributed by atoms with Crippen molar-refractivity contribution in [2.45, 2.75) is 6.92 Å². The van der Waals surface area contributed by atoms with Gasteiger partial charge in [-0.2, -0.15) is 0 Å². The fourth-order valence-corrected chi connectivity index (χ4v) is 2.52. The third kappa shape index (κ3) is 4.98. The van der Waals surface area contributed by atoms with Crippen molar-refractivity contribution in [3.8, 4) is 11.1 Å². The minimum atomic E-state index is -0.185. The minimum Gasteiger partial charge on any atom is -0.350 e. The van der Waals surface area contributed by atoms with Crippen LogP contribution in [0, 0.1) is 6.92 Å². The molecule has 3 aromatic rings. The Morgan fingerprint density at radius 3 is 1.74 bits per heavy atom. The standard InChI is InChI=1S/C21H20N4O2/c1-15-2-4-17(5-3-15)20(26)24-10-11-25-21(27)18-8-6-16(7-9-18)19-12-22-14-23-13-19/h2-9,12-14H,10-11H2,1H3,(H,24,26)(H,25,27). The summed E-state index contributed by atoms with van der Waals surface area (Å²) in [7, 11) is 0. The average Bonchev–Trinajstić information content (AvgIpc) is 2.72. The molecule has 0 unspecified atom stereocenters. The van der Waals surface area contributed by atoms with E-state index in [0.29, 0.717) is 24.2 Å². The first-order valence-corrected chi connectivity index (χ1v) is 8.62. The Labute approximate surface area is 157 Å². The lowest BCUT2D eigenvalue weighted by Gasteiger charge is -2.08. The monoisotopic (exact) mass is 360 g/mol. The van der Waals surface area contributed by atoms with E-state index in [1.807, 2.05) is 31.2 Å². The van der Waals surface area contributed by atoms with Crippen LogP contribution in [0.4, 0.5) is 0 Å². The largest absolute Gasteiger partial charge is 0.350 e. The highest BCUT2D eigenvalue weighted by molar-refractivity contribution is 5.95. The van der Waals surface area contributed by atoms with Crippen LogP contribution in [0.3, 0.4) is 0 Å². The third-order valence-corrected chi connectivity index (χ3v) is 4.05. The van der Waals surface area contributed by atoms with Gasteiger partial charge >= 0.3 is 0 Å². The highest BCUT2D eigenvalue weighted by Gasteiger charge is 2.07. The molecule has 27 heavy (non-hydrogen) atoms. The van der Waals surface area contributed by atoms with E-state index in [4.69, 9.17) is 0 Å². The number of nitrogens with one attached hydrogen (secondary N) is 2. The smallest absolute Gasteiger partial charge is 0.251 e. The Balaban J connectivity index is 1.46. The second-order valence-corrected chi connectivity index (χ2v) is 6.08. The predicted molar refractivity (Wildman–Crippen MR) is 103 cm³/mol. The molecule has 1 heterocycles. The molecule has 6 nitrogen and oxygen atoms in total. The topological polar surface area (TPSA) is 84.0 Å². The summed E-state index contributed by atoms with van der Waals surface area (Å²) in [6.45, 7) is 2.68. The fourth-order valence-electron chi connectivity index (χ4n) is 2.52. The third-order valence-electron chi connectivity index (χ3n) is 4.05. The Kier molecular flexibility index (Phi) is 5.89. The van der Waals surface area contributed by atoms with Crippen LogP contribution in [-0.4, -0.2) is 34.9 Å². The van der Waals surface area contributed by atoms with E-state index in [0.717, 1.165) is 16.7 Å². The van der Waals surface area contributed by atoms with Crippen LogP contribution in [0.25, 0.3) is 11.1 Å². The van der Waals surface area contributed by atoms with E-state index in [2.05, 4.69) is 20.6 Å². The lowest BCUT2D eigenvalue weighted by molar-refractivity contribution is 0.0927. The number of carbonyl (C=O) groups is 2. The molecule has 3 rings (SSSR count). The summed E-state index contributed by atoms with van der Waals surface area (Å²) < 4.78 is 0. The van der Waals surface area contributed by atoms with Gasteiger partial charge in [-0.05, 0) is 36.8 Å². The molecule has 0 aliphatic heterocycles. The molecular formula is C21H20N4O2. The number of amides is 2. The van der Waals surface area contributed by atoms with E-state index in [1.165, 1.54) is 6.33 Å². The molecular weight excluding hydrogens is 340 g/mol. The molecule has 0 bridgehead atoms. The maximum absolute atomic E-state index is 12.2. The molecule has 0 saturated heterocycles. The van der Waals surface area contributed by atoms with Gasteiger partial charge in [0.15, 0.2) is 0 Å². The summed E-state index contributed by atoms with van der Waals surface area (Å²) >= 11 is 0. The van der Waals surface area contributed by atoms with E-state index in [1.54, 1.807) is 36.7 Å². The first-order valence-electron chi connectivity index (χ1n) is 8.62. The van der Waals surface area contributed by atoms with Gasteiger partial charge in [-0.3, -0.25) is 9.59 Å². The van der Waals surface area contributed by atoms with Gasteiger partial charge in [0.1, 0.15) is 6.33 Å². The van der Waals surface area contributed by atoms with Gasteiger partial charge < -0.3 is 10.6 Å². The number of carbonyl (C=O) groups excluding carboxylic acids is 2. The van der Waals surface area contributed by atoms with Crippen molar-refractivity contribution in [2.75, 3.05) is 13.1 Å². The Morgan fingerprint density at radius 1 is 0.741 bits per heavy atom. The van der Waals surface area contributed by atoms with Crippen LogP contribution in [0.2, 0.25) is 0 Å². The maximum Gasteiger partial charge on any atom is 0.251 e. The molecule has 0 aliphatic rings. The quantitative estimate of drug-likeness (QED) is 0.662. The van der Waals surface area contributed by atoms with Crippen molar-refractivity contribution < 1.29 is 9.59 Å². The van der Waals surface area contributed by atoms with Crippen molar-refractivity contribution in [3.05, 3.63) is 83.9 Å². The predicted octanol–water partition coefficient (Wildman–Crippen LogP) is 2.61. The molecule has 0 radical (unpaired) electrons. The van der Waals surface area contributed by atoms with Crippen molar-refractivity contribution in [1.29, 1.82) is 0 Å². The first-order chi connectivity index (χ1) is 13.1. The molecule has 0 atom stereocenters. The summed E-state index contributed by atoms with van der Waals surface area (Å²) in [5, 5.41) is 5.58. The Bertz CT molecular complexity index is 907. The summed E-state index contributed by atoms with van der Waals surface area (Å²) in [4.78, 5) is 32.2. The van der Waals surface area contributed by atoms with Crippen LogP contribution < -0.4 is 10.6 Å². The summed E-state index contributed by atoms with van der Waals surface area (Å²) in [6.07, 6.45) is 4.92. The fraction of sp³-hybridized carbons (Fsp3) is 0.143. The van der Waals surface area contributed by atoms with Crippen LogP contribution in [-0.2, 0) is 0 Å². The van der Waals surface area contributed by atoms with Crippen molar-refractivity contribution >= 4 is 11.8 Å². The zero-order chi connectivity index (χ0) is 19.1. The zero-order valence-corrected chi connectivity index (χ0v) is 15.0. The van der Waals surface area contributed by atoms with Crippen molar-refractivity contribution in [2.24, 2.45) is 0 Å². The van der Waals surface area contributed by atoms with Crippen LogP contribution in [0.1, 0.15) is 26.3 Å². The number of nitrogens with zero attached hydrogens (tertiary/aromatic N) is 2. The number of hydrogen-bond acceptors (Lipinski definition) is 4. The van der Waals surface area contributed by atoms with Gasteiger partial charge in [-0.15, -0.1) is 0 Å². The highest BCUT2D eigenvalue weighted by atomic mass is 16.2. The molecule has 0 fully saturated rings. The summed E-state index contributed by atoms with van der Waals surface area (Å²) in [5.74, 6) is -0.339. The van der Waals surface area contributed by atoms with E-state index >= 15 is 0 Å². The minimum absolute atomic E-state index is 0.154. The Morgan fingerprint density at radius 2 is 1.22 bits per heavy atom. The second-order valence-electron chi connectivity index (χ2n) is 6.08. The van der Waals surface area contributed by atoms with Crippen LogP contribution >= 0.6 is 0 Å². The van der Waals surface area contributed by atoms with E-state index in [-0.39, 0.29) is 11.8 Å². The van der Waals surface area contributed by atoms with E-state index in [9.17, 15) is 9.59 Å². The van der Waals surface area contributed by atoms with Gasteiger partial charge in [0.25, 0.3) is 11.8 Å².